The van der Waals surface area contributed by atoms with Gasteiger partial charge in [-0.25, -0.2) is 4.39 Å². The number of benzene rings is 1. The summed E-state index contributed by atoms with van der Waals surface area (Å²) < 4.78 is 18.2. The van der Waals surface area contributed by atoms with Crippen LogP contribution >= 0.6 is 11.6 Å². The molecule has 3 nitrogen and oxygen atoms in total. The van der Waals surface area contributed by atoms with E-state index in [1.165, 1.54) is 12.1 Å². The minimum Gasteiger partial charge on any atom is -0.367 e. The van der Waals surface area contributed by atoms with Crippen LogP contribution in [0, 0.1) is 11.7 Å². The fraction of sp³-hybridized carbons (Fsp3) is 0.357. The lowest BCUT2D eigenvalue weighted by Crippen LogP contribution is -2.04. The zero-order valence-corrected chi connectivity index (χ0v) is 11.8. The van der Waals surface area contributed by atoms with Gasteiger partial charge in [-0.05, 0) is 24.1 Å². The van der Waals surface area contributed by atoms with Crippen LogP contribution in [0.1, 0.15) is 32.4 Å². The fourth-order valence-electron chi connectivity index (χ4n) is 1.91. The smallest absolute Gasteiger partial charge is 0.230 e. The van der Waals surface area contributed by atoms with Gasteiger partial charge in [0.2, 0.25) is 5.88 Å². The highest BCUT2D eigenvalue weighted by molar-refractivity contribution is 6.33. The van der Waals surface area contributed by atoms with Crippen molar-refractivity contribution in [2.45, 2.75) is 26.7 Å². The molecule has 0 aliphatic heterocycles. The number of anilines is 1. The number of hydrogen-bond donors (Lipinski definition) is 1. The first-order chi connectivity index (χ1) is 8.91. The molecule has 0 fully saturated rings. The van der Waals surface area contributed by atoms with E-state index in [9.17, 15) is 4.39 Å². The van der Waals surface area contributed by atoms with Crippen LogP contribution in [0.2, 0.25) is 5.02 Å². The lowest BCUT2D eigenvalue weighted by molar-refractivity contribution is 0.407. The van der Waals surface area contributed by atoms with Gasteiger partial charge in [0.1, 0.15) is 5.82 Å². The van der Waals surface area contributed by atoms with E-state index in [2.05, 4.69) is 19.0 Å². The maximum absolute atomic E-state index is 13.1. The van der Waals surface area contributed by atoms with Crippen molar-refractivity contribution in [2.75, 3.05) is 5.73 Å². The predicted octanol–water partition coefficient (Wildman–Crippen LogP) is 4.48. The third-order valence-electron chi connectivity index (χ3n) is 3.38. The number of halogens is 2. The average molecular weight is 283 g/mol. The normalized spacial score (nSPS) is 12.9. The van der Waals surface area contributed by atoms with Crippen molar-refractivity contribution in [1.29, 1.82) is 0 Å². The summed E-state index contributed by atoms with van der Waals surface area (Å²) in [6, 6.07) is 4.20. The van der Waals surface area contributed by atoms with Crippen molar-refractivity contribution in [2.24, 2.45) is 5.92 Å². The molecule has 102 valence electrons. The number of nitrogen functional groups attached to an aromatic ring is 1. The maximum Gasteiger partial charge on any atom is 0.230 e. The molecule has 2 N–H and O–H groups in total. The van der Waals surface area contributed by atoms with Crippen LogP contribution in [-0.4, -0.2) is 5.16 Å². The molecule has 19 heavy (non-hydrogen) atoms. The van der Waals surface area contributed by atoms with Crippen LogP contribution in [-0.2, 0) is 0 Å². The van der Waals surface area contributed by atoms with Crippen molar-refractivity contribution in [1.82, 2.24) is 5.16 Å². The third kappa shape index (κ3) is 2.59. The SMILES string of the molecule is CC(C)C(C)c1noc(N)c1-c1ccc(F)cc1Cl. The molecule has 2 rings (SSSR count). The Morgan fingerprint density at radius 2 is 2.00 bits per heavy atom. The summed E-state index contributed by atoms with van der Waals surface area (Å²) in [5, 5.41) is 4.32. The Balaban J connectivity index is 2.58. The van der Waals surface area contributed by atoms with Gasteiger partial charge >= 0.3 is 0 Å². The largest absolute Gasteiger partial charge is 0.367 e. The third-order valence-corrected chi connectivity index (χ3v) is 3.69. The minimum atomic E-state index is -0.387. The Kier molecular flexibility index (Phi) is 3.80. The van der Waals surface area contributed by atoms with E-state index >= 15 is 0 Å². The van der Waals surface area contributed by atoms with Gasteiger partial charge in [0.15, 0.2) is 0 Å². The van der Waals surface area contributed by atoms with E-state index in [0.717, 1.165) is 5.69 Å². The Bertz CT molecular complexity index is 595. The molecule has 0 bridgehead atoms. The molecule has 0 radical (unpaired) electrons. The van der Waals surface area contributed by atoms with Gasteiger partial charge in [-0.2, -0.15) is 0 Å². The first kappa shape index (κ1) is 13.9. The molecule has 0 spiro atoms. The molecular weight excluding hydrogens is 267 g/mol. The topological polar surface area (TPSA) is 52.0 Å². The van der Waals surface area contributed by atoms with Crippen LogP contribution < -0.4 is 5.73 Å². The summed E-state index contributed by atoms with van der Waals surface area (Å²) in [4.78, 5) is 0. The first-order valence-corrected chi connectivity index (χ1v) is 6.50. The predicted molar refractivity (Wildman–Crippen MR) is 74.6 cm³/mol. The molecule has 2 aromatic rings. The second-order valence-corrected chi connectivity index (χ2v) is 5.37. The lowest BCUT2D eigenvalue weighted by Gasteiger charge is -2.14. The number of nitrogens with zero attached hydrogens (tertiary/aromatic N) is 1. The maximum atomic E-state index is 13.1. The Morgan fingerprint density at radius 3 is 2.58 bits per heavy atom. The Hall–Kier alpha value is -1.55. The van der Waals surface area contributed by atoms with Crippen LogP contribution in [0.4, 0.5) is 10.3 Å². The molecule has 0 saturated heterocycles. The molecule has 1 unspecified atom stereocenters. The summed E-state index contributed by atoms with van der Waals surface area (Å²) in [7, 11) is 0. The monoisotopic (exact) mass is 282 g/mol. The summed E-state index contributed by atoms with van der Waals surface area (Å²) >= 11 is 6.08. The van der Waals surface area contributed by atoms with Gasteiger partial charge in [0.05, 0.1) is 16.3 Å². The second-order valence-electron chi connectivity index (χ2n) is 4.96. The fourth-order valence-corrected chi connectivity index (χ4v) is 2.17. The number of rotatable bonds is 3. The van der Waals surface area contributed by atoms with Gasteiger partial charge in [-0.1, -0.05) is 37.5 Å². The standard InChI is InChI=1S/C14H16ClFN2O/c1-7(2)8(3)13-12(14(17)19-18-13)10-5-4-9(16)6-11(10)15/h4-8H,17H2,1-3H3. The zero-order chi connectivity index (χ0) is 14.2. The molecule has 1 atom stereocenters. The zero-order valence-electron chi connectivity index (χ0n) is 11.1. The summed E-state index contributed by atoms with van der Waals surface area (Å²) in [6.07, 6.45) is 0. The van der Waals surface area contributed by atoms with E-state index in [0.29, 0.717) is 22.1 Å². The molecular formula is C14H16ClFN2O. The van der Waals surface area contributed by atoms with Crippen LogP contribution in [0.5, 0.6) is 0 Å². The van der Waals surface area contributed by atoms with Crippen molar-refractivity contribution in [3.8, 4) is 11.1 Å². The molecule has 0 aliphatic carbocycles. The second kappa shape index (κ2) is 5.21. The van der Waals surface area contributed by atoms with E-state index in [-0.39, 0.29) is 17.6 Å². The Labute approximate surface area is 116 Å². The van der Waals surface area contributed by atoms with Gasteiger partial charge in [0.25, 0.3) is 0 Å². The molecule has 0 amide bonds. The first-order valence-electron chi connectivity index (χ1n) is 6.12. The van der Waals surface area contributed by atoms with Crippen LogP contribution in [0.15, 0.2) is 22.7 Å². The van der Waals surface area contributed by atoms with E-state index in [4.69, 9.17) is 21.9 Å². The van der Waals surface area contributed by atoms with Gasteiger partial charge in [-0.15, -0.1) is 0 Å². The number of aromatic nitrogens is 1. The molecule has 1 heterocycles. The lowest BCUT2D eigenvalue weighted by atomic mass is 9.90. The molecule has 1 aromatic heterocycles. The quantitative estimate of drug-likeness (QED) is 0.903. The van der Waals surface area contributed by atoms with Gasteiger partial charge < -0.3 is 10.3 Å². The highest BCUT2D eigenvalue weighted by atomic mass is 35.5. The summed E-state index contributed by atoms with van der Waals surface area (Å²) in [5.41, 5.74) is 7.89. The average Bonchev–Trinajstić information content (AvgIpc) is 2.70. The van der Waals surface area contributed by atoms with Crippen molar-refractivity contribution >= 4 is 17.5 Å². The van der Waals surface area contributed by atoms with Gasteiger partial charge in [0, 0.05) is 11.5 Å². The van der Waals surface area contributed by atoms with Gasteiger partial charge in [-0.3, -0.25) is 0 Å². The summed E-state index contributed by atoms with van der Waals surface area (Å²) in [6.45, 7) is 6.22. The molecule has 1 aromatic carbocycles. The van der Waals surface area contributed by atoms with E-state index in [1.807, 2.05) is 6.92 Å². The van der Waals surface area contributed by atoms with Crippen molar-refractivity contribution in [3.63, 3.8) is 0 Å². The highest BCUT2D eigenvalue weighted by Gasteiger charge is 2.24. The van der Waals surface area contributed by atoms with E-state index in [1.54, 1.807) is 6.07 Å². The minimum absolute atomic E-state index is 0.164. The van der Waals surface area contributed by atoms with Crippen LogP contribution in [0.3, 0.4) is 0 Å². The molecule has 0 saturated carbocycles. The van der Waals surface area contributed by atoms with E-state index < -0.39 is 0 Å². The van der Waals surface area contributed by atoms with Crippen molar-refractivity contribution < 1.29 is 8.91 Å². The highest BCUT2D eigenvalue weighted by Crippen LogP contribution is 2.39. The molecule has 0 aliphatic rings. The Morgan fingerprint density at radius 1 is 1.32 bits per heavy atom. The summed E-state index contributed by atoms with van der Waals surface area (Å²) in [5.74, 6) is 0.359. The number of hydrogen-bond acceptors (Lipinski definition) is 3. The van der Waals surface area contributed by atoms with Crippen LogP contribution in [0.25, 0.3) is 11.1 Å². The number of nitrogens with two attached hydrogens (primary N) is 1. The molecule has 5 heteroatoms. The van der Waals surface area contributed by atoms with Crippen molar-refractivity contribution in [3.05, 3.63) is 34.7 Å².